The van der Waals surface area contributed by atoms with Crippen molar-refractivity contribution in [3.8, 4) is 5.75 Å². The molecule has 0 fully saturated rings. The van der Waals surface area contributed by atoms with E-state index in [1.54, 1.807) is 12.1 Å². The number of amides is 1. The van der Waals surface area contributed by atoms with Gasteiger partial charge < -0.3 is 15.4 Å². The first-order valence-corrected chi connectivity index (χ1v) is 7.77. The number of aromatic hydroxyl groups is 1. The van der Waals surface area contributed by atoms with Crippen LogP contribution in [-0.4, -0.2) is 16.0 Å². The molecule has 0 saturated carbocycles. The van der Waals surface area contributed by atoms with Crippen LogP contribution in [0.5, 0.6) is 5.75 Å². The zero-order valence-electron chi connectivity index (χ0n) is 12.9. The highest BCUT2D eigenvalue weighted by Gasteiger charge is 2.09. The van der Waals surface area contributed by atoms with Crippen LogP contribution in [0.25, 0.3) is 21.7 Å². The van der Waals surface area contributed by atoms with Gasteiger partial charge in [-0.3, -0.25) is 4.79 Å². The second kappa shape index (κ2) is 5.74. The number of nitrogens with one attached hydrogen (secondary N) is 2. The molecule has 0 bridgehead atoms. The topological polar surface area (TPSA) is 65.1 Å². The maximum absolute atomic E-state index is 12.4. The Kier molecular flexibility index (Phi) is 3.43. The molecule has 0 aliphatic rings. The molecule has 4 rings (SSSR count). The number of rotatable bonds is 3. The minimum Gasteiger partial charge on any atom is -0.507 e. The van der Waals surface area contributed by atoms with Gasteiger partial charge in [0.25, 0.3) is 0 Å². The Labute approximate surface area is 138 Å². The maximum atomic E-state index is 12.4. The van der Waals surface area contributed by atoms with Crippen molar-refractivity contribution in [1.29, 1.82) is 0 Å². The smallest absolute Gasteiger partial charge is 0.228 e. The van der Waals surface area contributed by atoms with Crippen LogP contribution < -0.4 is 5.32 Å². The van der Waals surface area contributed by atoms with Crippen molar-refractivity contribution in [2.24, 2.45) is 0 Å². The highest BCUT2D eigenvalue weighted by atomic mass is 16.3. The number of anilines is 1. The molecule has 0 radical (unpaired) electrons. The van der Waals surface area contributed by atoms with Crippen molar-refractivity contribution < 1.29 is 9.90 Å². The monoisotopic (exact) mass is 316 g/mol. The molecule has 1 amide bonds. The van der Waals surface area contributed by atoms with Gasteiger partial charge in [-0.05, 0) is 35.2 Å². The fourth-order valence-corrected chi connectivity index (χ4v) is 2.99. The molecule has 4 nitrogen and oxygen atoms in total. The van der Waals surface area contributed by atoms with Gasteiger partial charge in [0, 0.05) is 28.2 Å². The van der Waals surface area contributed by atoms with E-state index < -0.39 is 0 Å². The van der Waals surface area contributed by atoms with E-state index in [-0.39, 0.29) is 11.7 Å². The van der Waals surface area contributed by atoms with Crippen molar-refractivity contribution in [3.05, 3.63) is 72.4 Å². The Morgan fingerprint density at radius 1 is 1.00 bits per heavy atom. The average molecular weight is 316 g/mol. The zero-order chi connectivity index (χ0) is 16.5. The van der Waals surface area contributed by atoms with Crippen LogP contribution in [0, 0.1) is 0 Å². The number of hydrogen-bond donors (Lipinski definition) is 3. The third-order valence-corrected chi connectivity index (χ3v) is 4.16. The Morgan fingerprint density at radius 2 is 1.83 bits per heavy atom. The predicted molar refractivity (Wildman–Crippen MR) is 96.2 cm³/mol. The van der Waals surface area contributed by atoms with Gasteiger partial charge in [0.05, 0.1) is 6.42 Å². The lowest BCUT2D eigenvalue weighted by Gasteiger charge is -2.10. The fourth-order valence-electron chi connectivity index (χ4n) is 2.99. The van der Waals surface area contributed by atoms with Gasteiger partial charge in [0.15, 0.2) is 0 Å². The summed E-state index contributed by atoms with van der Waals surface area (Å²) < 4.78 is 0. The van der Waals surface area contributed by atoms with Gasteiger partial charge in [-0.25, -0.2) is 0 Å². The van der Waals surface area contributed by atoms with Gasteiger partial charge in [-0.2, -0.15) is 0 Å². The number of fused-ring (bicyclic) bond motifs is 2. The first-order chi connectivity index (χ1) is 11.7. The van der Waals surface area contributed by atoms with E-state index in [9.17, 15) is 9.90 Å². The second-order valence-electron chi connectivity index (χ2n) is 5.80. The molecule has 0 atom stereocenters. The van der Waals surface area contributed by atoms with E-state index in [0.29, 0.717) is 12.1 Å². The number of hydrogen-bond acceptors (Lipinski definition) is 2. The standard InChI is InChI=1S/C20H16N2O2/c23-19-6-2-3-15-16(19)4-1-5-17(15)22-20(24)12-13-7-8-14-9-10-21-18(14)11-13/h1-11,21,23H,12H2,(H,22,24). The molecule has 0 unspecified atom stereocenters. The number of phenolic OH excluding ortho intramolecular Hbond substituents is 1. The number of carbonyl (C=O) groups is 1. The third-order valence-electron chi connectivity index (χ3n) is 4.16. The normalized spacial score (nSPS) is 11.0. The van der Waals surface area contributed by atoms with Gasteiger partial charge in [0.2, 0.25) is 5.91 Å². The number of aromatic amines is 1. The van der Waals surface area contributed by atoms with E-state index >= 15 is 0 Å². The van der Waals surface area contributed by atoms with E-state index in [1.165, 1.54) is 0 Å². The fraction of sp³-hybridized carbons (Fsp3) is 0.0500. The van der Waals surface area contributed by atoms with Gasteiger partial charge >= 0.3 is 0 Å². The van der Waals surface area contributed by atoms with Crippen LogP contribution in [0.4, 0.5) is 5.69 Å². The molecule has 0 aliphatic carbocycles. The lowest BCUT2D eigenvalue weighted by molar-refractivity contribution is -0.115. The van der Waals surface area contributed by atoms with Crippen LogP contribution in [-0.2, 0) is 11.2 Å². The van der Waals surface area contributed by atoms with Crippen LogP contribution >= 0.6 is 0 Å². The summed E-state index contributed by atoms with van der Waals surface area (Å²) in [4.78, 5) is 15.6. The van der Waals surface area contributed by atoms with Crippen molar-refractivity contribution in [1.82, 2.24) is 4.98 Å². The molecule has 4 aromatic rings. The van der Waals surface area contributed by atoms with Crippen molar-refractivity contribution >= 4 is 33.3 Å². The molecule has 1 aromatic heterocycles. The number of aromatic nitrogens is 1. The summed E-state index contributed by atoms with van der Waals surface area (Å²) in [7, 11) is 0. The third kappa shape index (κ3) is 2.58. The number of benzene rings is 3. The Bertz CT molecular complexity index is 1050. The van der Waals surface area contributed by atoms with E-state index in [4.69, 9.17) is 0 Å². The highest BCUT2D eigenvalue weighted by Crippen LogP contribution is 2.29. The van der Waals surface area contributed by atoms with Crippen LogP contribution in [0.15, 0.2) is 66.9 Å². The largest absolute Gasteiger partial charge is 0.507 e. The number of carbonyl (C=O) groups excluding carboxylic acids is 1. The Balaban J connectivity index is 1.59. The summed E-state index contributed by atoms with van der Waals surface area (Å²) in [5.41, 5.74) is 2.68. The van der Waals surface area contributed by atoms with Crippen LogP contribution in [0.2, 0.25) is 0 Å². The lowest BCUT2D eigenvalue weighted by Crippen LogP contribution is -2.14. The average Bonchev–Trinajstić information content (AvgIpc) is 3.03. The highest BCUT2D eigenvalue weighted by molar-refractivity contribution is 6.04. The summed E-state index contributed by atoms with van der Waals surface area (Å²) in [5.74, 6) is 0.123. The van der Waals surface area contributed by atoms with Gasteiger partial charge in [0.1, 0.15) is 5.75 Å². The first-order valence-electron chi connectivity index (χ1n) is 7.77. The summed E-state index contributed by atoms with van der Waals surface area (Å²) >= 11 is 0. The van der Waals surface area contributed by atoms with E-state index in [2.05, 4.69) is 10.3 Å². The van der Waals surface area contributed by atoms with Crippen molar-refractivity contribution in [3.63, 3.8) is 0 Å². The molecule has 3 N–H and O–H groups in total. The zero-order valence-corrected chi connectivity index (χ0v) is 12.9. The van der Waals surface area contributed by atoms with Crippen LogP contribution in [0.3, 0.4) is 0 Å². The van der Waals surface area contributed by atoms with Crippen LogP contribution in [0.1, 0.15) is 5.56 Å². The summed E-state index contributed by atoms with van der Waals surface area (Å²) in [6.45, 7) is 0. The number of H-pyrrole nitrogens is 1. The minimum atomic E-state index is -0.0863. The SMILES string of the molecule is O=C(Cc1ccc2cc[nH]c2c1)Nc1cccc2c(O)cccc12. The molecule has 0 saturated heterocycles. The molecule has 3 aromatic carbocycles. The molecule has 24 heavy (non-hydrogen) atoms. The van der Waals surface area contributed by atoms with E-state index in [0.717, 1.165) is 27.2 Å². The maximum Gasteiger partial charge on any atom is 0.228 e. The van der Waals surface area contributed by atoms with E-state index in [1.807, 2.05) is 54.7 Å². The summed E-state index contributed by atoms with van der Waals surface area (Å²) in [6, 6.07) is 18.7. The lowest BCUT2D eigenvalue weighted by atomic mass is 10.1. The summed E-state index contributed by atoms with van der Waals surface area (Å²) in [5, 5.41) is 15.5. The molecule has 0 aliphatic heterocycles. The minimum absolute atomic E-state index is 0.0863. The first kappa shape index (κ1) is 14.3. The second-order valence-corrected chi connectivity index (χ2v) is 5.80. The Hall–Kier alpha value is -3.27. The molecule has 1 heterocycles. The number of phenols is 1. The van der Waals surface area contributed by atoms with Gasteiger partial charge in [-0.15, -0.1) is 0 Å². The molecular weight excluding hydrogens is 300 g/mol. The molecule has 0 spiro atoms. The Morgan fingerprint density at radius 3 is 2.75 bits per heavy atom. The quantitative estimate of drug-likeness (QED) is 0.530. The van der Waals surface area contributed by atoms with Crippen molar-refractivity contribution in [2.45, 2.75) is 6.42 Å². The summed E-state index contributed by atoms with van der Waals surface area (Å²) in [6.07, 6.45) is 2.18. The molecule has 4 heteroatoms. The molecular formula is C20H16N2O2. The molecule has 118 valence electrons. The predicted octanol–water partition coefficient (Wildman–Crippen LogP) is 4.21. The van der Waals surface area contributed by atoms with Gasteiger partial charge in [-0.1, -0.05) is 36.4 Å². The van der Waals surface area contributed by atoms with Crippen molar-refractivity contribution in [2.75, 3.05) is 5.32 Å².